The van der Waals surface area contributed by atoms with E-state index >= 15 is 0 Å². The third kappa shape index (κ3) is 4.10. The molecule has 0 aromatic carbocycles. The normalized spacial score (nSPS) is 35.7. The first kappa shape index (κ1) is 25.8. The summed E-state index contributed by atoms with van der Waals surface area (Å²) in [5, 5.41) is 10.2. The standard InChI is InChI=1S/C26H38N4O5S/c1-17(2)18(16-31)30-22-25(34)29(11-10-28-12-14-35-15-13-28)9-5-7-26(22)21(24(30)33)20-19(36-26)6-4-8-27(3)23(20)32/h4-7,17-22,31H,8-16H2,1-3H3/t18-,19+,20-,21-,22?,26-/m0/s1. The second-order valence-corrected chi connectivity index (χ2v) is 12.4. The molecule has 5 aliphatic rings. The Hall–Kier alpha value is -1.88. The van der Waals surface area contributed by atoms with Crippen molar-refractivity contribution in [3.63, 3.8) is 0 Å². The van der Waals surface area contributed by atoms with E-state index in [1.165, 1.54) is 0 Å². The zero-order valence-electron chi connectivity index (χ0n) is 21.4. The van der Waals surface area contributed by atoms with Crippen LogP contribution in [-0.4, -0.2) is 131 Å². The number of nitrogens with zero attached hydrogens (tertiary/aromatic N) is 4. The van der Waals surface area contributed by atoms with Crippen LogP contribution in [0.4, 0.5) is 0 Å². The maximum absolute atomic E-state index is 14.3. The van der Waals surface area contributed by atoms with Crippen molar-refractivity contribution in [1.82, 2.24) is 19.6 Å². The monoisotopic (exact) mass is 518 g/mol. The molecular weight excluding hydrogens is 480 g/mol. The fraction of sp³-hybridized carbons (Fsp3) is 0.731. The van der Waals surface area contributed by atoms with Crippen molar-refractivity contribution < 1.29 is 24.2 Å². The number of hydrogen-bond donors (Lipinski definition) is 1. The van der Waals surface area contributed by atoms with Crippen LogP contribution >= 0.6 is 11.8 Å². The minimum Gasteiger partial charge on any atom is -0.394 e. The van der Waals surface area contributed by atoms with Gasteiger partial charge in [0.15, 0.2) is 0 Å². The number of carbonyl (C=O) groups is 3. The molecule has 5 heterocycles. The lowest BCUT2D eigenvalue weighted by molar-refractivity contribution is -0.147. The average molecular weight is 519 g/mol. The van der Waals surface area contributed by atoms with E-state index in [1.54, 1.807) is 28.6 Å². The molecule has 3 fully saturated rings. The van der Waals surface area contributed by atoms with E-state index in [4.69, 9.17) is 4.74 Å². The van der Waals surface area contributed by atoms with Crippen molar-refractivity contribution in [2.24, 2.45) is 17.8 Å². The van der Waals surface area contributed by atoms with E-state index < -0.39 is 28.7 Å². The van der Waals surface area contributed by atoms with Crippen LogP contribution < -0.4 is 0 Å². The van der Waals surface area contributed by atoms with E-state index in [2.05, 4.69) is 4.90 Å². The first-order valence-corrected chi connectivity index (χ1v) is 14.0. The molecule has 1 spiro atoms. The van der Waals surface area contributed by atoms with Crippen LogP contribution in [0.5, 0.6) is 0 Å². The SMILES string of the molecule is CC(C)[C@H](CO)N1C(=O)[C@@H]2[C@H]3C(=O)N(C)CC=C[C@H]3S[C@@]23C=CCN(CCN2CCOCC2)C(=O)C13. The van der Waals surface area contributed by atoms with E-state index in [1.807, 2.05) is 43.1 Å². The highest BCUT2D eigenvalue weighted by Crippen LogP contribution is 2.61. The van der Waals surface area contributed by atoms with E-state index in [-0.39, 0.29) is 35.5 Å². The molecule has 0 aliphatic carbocycles. The van der Waals surface area contributed by atoms with Gasteiger partial charge in [0.1, 0.15) is 6.04 Å². The van der Waals surface area contributed by atoms with Crippen molar-refractivity contribution in [1.29, 1.82) is 0 Å². The van der Waals surface area contributed by atoms with Gasteiger partial charge in [-0.1, -0.05) is 38.2 Å². The minimum atomic E-state index is -0.836. The zero-order chi connectivity index (χ0) is 25.6. The summed E-state index contributed by atoms with van der Waals surface area (Å²) in [5.74, 6) is -1.52. The van der Waals surface area contributed by atoms with Gasteiger partial charge in [0.05, 0.1) is 42.4 Å². The highest BCUT2D eigenvalue weighted by molar-refractivity contribution is 8.02. The number of fused-ring (bicyclic) bond motifs is 2. The van der Waals surface area contributed by atoms with Gasteiger partial charge in [0.25, 0.3) is 0 Å². The third-order valence-electron chi connectivity index (χ3n) is 8.49. The van der Waals surface area contributed by atoms with E-state index in [0.717, 1.165) is 19.6 Å². The van der Waals surface area contributed by atoms with Gasteiger partial charge < -0.3 is 24.5 Å². The number of amides is 3. The van der Waals surface area contributed by atoms with Gasteiger partial charge in [-0.25, -0.2) is 0 Å². The molecule has 10 heteroatoms. The van der Waals surface area contributed by atoms with Gasteiger partial charge in [-0.15, -0.1) is 11.8 Å². The summed E-state index contributed by atoms with van der Waals surface area (Å²) in [4.78, 5) is 49.5. The highest BCUT2D eigenvalue weighted by Gasteiger charge is 2.71. The number of likely N-dealkylation sites (tertiary alicyclic amines) is 1. The molecule has 1 N–H and O–H groups in total. The molecular formula is C26H38N4O5S. The Morgan fingerprint density at radius 2 is 1.83 bits per heavy atom. The summed E-state index contributed by atoms with van der Waals surface area (Å²) in [6.45, 7) is 9.10. The Morgan fingerprint density at radius 1 is 1.08 bits per heavy atom. The van der Waals surface area contributed by atoms with Crippen LogP contribution in [0.3, 0.4) is 0 Å². The van der Waals surface area contributed by atoms with Gasteiger partial charge in [-0.05, 0) is 5.92 Å². The Kier molecular flexibility index (Phi) is 7.24. The van der Waals surface area contributed by atoms with Crippen molar-refractivity contribution in [2.45, 2.75) is 35.9 Å². The number of aliphatic hydroxyl groups is 1. The van der Waals surface area contributed by atoms with Crippen LogP contribution in [0.25, 0.3) is 0 Å². The fourth-order valence-electron chi connectivity index (χ4n) is 6.52. The Balaban J connectivity index is 1.52. The molecule has 1 unspecified atom stereocenters. The number of carbonyl (C=O) groups excluding carboxylic acids is 3. The molecule has 0 aromatic heterocycles. The number of morpholine rings is 1. The maximum Gasteiger partial charge on any atom is 0.247 e. The smallest absolute Gasteiger partial charge is 0.247 e. The van der Waals surface area contributed by atoms with Gasteiger partial charge >= 0.3 is 0 Å². The summed E-state index contributed by atoms with van der Waals surface area (Å²) >= 11 is 1.59. The first-order chi connectivity index (χ1) is 17.3. The van der Waals surface area contributed by atoms with Crippen molar-refractivity contribution in [3.05, 3.63) is 24.3 Å². The number of rotatable bonds is 6. The summed E-state index contributed by atoms with van der Waals surface area (Å²) in [6, 6.07) is -1.24. The number of ether oxygens (including phenoxy) is 1. The van der Waals surface area contributed by atoms with Gasteiger partial charge in [-0.2, -0.15) is 0 Å². The maximum atomic E-state index is 14.3. The number of hydrogen-bond acceptors (Lipinski definition) is 7. The molecule has 0 aromatic rings. The lowest BCUT2D eigenvalue weighted by Gasteiger charge is -2.40. The predicted molar refractivity (Wildman–Crippen MR) is 137 cm³/mol. The second-order valence-electron chi connectivity index (χ2n) is 10.9. The molecule has 0 saturated carbocycles. The number of likely N-dealkylation sites (N-methyl/N-ethyl adjacent to an activating group) is 1. The molecule has 0 bridgehead atoms. The van der Waals surface area contributed by atoms with Gasteiger partial charge in [0.2, 0.25) is 17.7 Å². The molecule has 6 atom stereocenters. The molecule has 3 amide bonds. The largest absolute Gasteiger partial charge is 0.394 e. The van der Waals surface area contributed by atoms with Crippen LogP contribution in [0.2, 0.25) is 0 Å². The van der Waals surface area contributed by atoms with Crippen LogP contribution in [0, 0.1) is 17.8 Å². The summed E-state index contributed by atoms with van der Waals surface area (Å²) in [7, 11) is 1.77. The molecule has 9 nitrogen and oxygen atoms in total. The summed E-state index contributed by atoms with van der Waals surface area (Å²) in [6.07, 6.45) is 8.10. The molecule has 36 heavy (non-hydrogen) atoms. The third-order valence-corrected chi connectivity index (χ3v) is 10.2. The van der Waals surface area contributed by atoms with Crippen LogP contribution in [-0.2, 0) is 19.1 Å². The van der Waals surface area contributed by atoms with Crippen molar-refractivity contribution in [3.8, 4) is 0 Å². The fourth-order valence-corrected chi connectivity index (χ4v) is 8.51. The van der Waals surface area contributed by atoms with E-state index in [0.29, 0.717) is 32.8 Å². The number of aliphatic hydroxyl groups excluding tert-OH is 1. The second kappa shape index (κ2) is 10.1. The first-order valence-electron chi connectivity index (χ1n) is 13.1. The molecule has 5 rings (SSSR count). The lowest BCUT2D eigenvalue weighted by atomic mass is 9.78. The van der Waals surface area contributed by atoms with Gasteiger partial charge in [-0.3, -0.25) is 19.3 Å². The zero-order valence-corrected chi connectivity index (χ0v) is 22.2. The quantitative estimate of drug-likeness (QED) is 0.497. The topological polar surface area (TPSA) is 93.6 Å². The van der Waals surface area contributed by atoms with Crippen molar-refractivity contribution in [2.75, 3.05) is 66.1 Å². The van der Waals surface area contributed by atoms with Crippen molar-refractivity contribution >= 4 is 29.5 Å². The van der Waals surface area contributed by atoms with E-state index in [9.17, 15) is 19.5 Å². The Morgan fingerprint density at radius 3 is 2.53 bits per heavy atom. The average Bonchev–Trinajstić information content (AvgIpc) is 3.19. The van der Waals surface area contributed by atoms with Gasteiger partial charge in [0, 0.05) is 51.6 Å². The molecule has 198 valence electrons. The molecule has 5 aliphatic heterocycles. The Labute approximate surface area is 217 Å². The van der Waals surface area contributed by atoms with Crippen LogP contribution in [0.15, 0.2) is 24.3 Å². The molecule has 3 saturated heterocycles. The minimum absolute atomic E-state index is 0.0372. The summed E-state index contributed by atoms with van der Waals surface area (Å²) < 4.78 is 4.62. The van der Waals surface area contributed by atoms with Crippen LogP contribution in [0.1, 0.15) is 13.8 Å². The highest BCUT2D eigenvalue weighted by atomic mass is 32.2. The number of thioether (sulfide) groups is 1. The Bertz CT molecular complexity index is 951. The lowest BCUT2D eigenvalue weighted by Crippen LogP contribution is -2.58. The summed E-state index contributed by atoms with van der Waals surface area (Å²) in [5.41, 5.74) is 0. The molecule has 0 radical (unpaired) electrons. The predicted octanol–water partition coefficient (Wildman–Crippen LogP) is 0.0595.